The molecule has 0 unspecified atom stereocenters. The molecule has 1 fully saturated rings. The van der Waals surface area contributed by atoms with Gasteiger partial charge in [-0.2, -0.15) is 0 Å². The number of sulfone groups is 1. The average Bonchev–Trinajstić information content (AvgIpc) is 3.24. The summed E-state index contributed by atoms with van der Waals surface area (Å²) in [7, 11) is -2.00. The van der Waals surface area contributed by atoms with E-state index in [1.165, 1.54) is 36.1 Å². The van der Waals surface area contributed by atoms with Crippen LogP contribution in [0.5, 0.6) is 0 Å². The fraction of sp³-hybridized carbons (Fsp3) is 0.304. The molecule has 3 aromatic rings. The van der Waals surface area contributed by atoms with Gasteiger partial charge in [0.15, 0.2) is 15.3 Å². The molecule has 2 aromatic carbocycles. The third-order valence-electron chi connectivity index (χ3n) is 5.84. The topological polar surface area (TPSA) is 85.7 Å². The molecule has 1 saturated heterocycles. The van der Waals surface area contributed by atoms with Crippen molar-refractivity contribution in [1.82, 2.24) is 9.47 Å². The lowest BCUT2D eigenvalue weighted by atomic mass is 10.0. The standard InChI is InChI=1S/C23H23FN2O5S/c1-31-23(28)21-19(14-25-11-10-17(13-25)32(2,29)30)22(27)18-9-8-15(24)12-20(18)26(21)16-6-4-3-5-7-16/h3-9,12,17H,10-11,13-14H2,1-2H3/t17-/m1/s1. The number of halogens is 1. The number of fused-ring (bicyclic) bond motifs is 1. The Hall–Kier alpha value is -3.04. The summed E-state index contributed by atoms with van der Waals surface area (Å²) in [6.45, 7) is 0.825. The number of para-hydroxylation sites is 1. The molecule has 9 heteroatoms. The Morgan fingerprint density at radius 1 is 1.19 bits per heavy atom. The Morgan fingerprint density at radius 3 is 2.53 bits per heavy atom. The highest BCUT2D eigenvalue weighted by atomic mass is 32.2. The van der Waals surface area contributed by atoms with Crippen molar-refractivity contribution in [2.24, 2.45) is 0 Å². The second kappa shape index (κ2) is 8.48. The minimum atomic E-state index is -3.22. The molecule has 0 bridgehead atoms. The Morgan fingerprint density at radius 2 is 1.91 bits per heavy atom. The highest BCUT2D eigenvalue weighted by Crippen LogP contribution is 2.26. The maximum atomic E-state index is 14.2. The smallest absolute Gasteiger partial charge is 0.355 e. The van der Waals surface area contributed by atoms with E-state index < -0.39 is 32.3 Å². The van der Waals surface area contributed by atoms with E-state index in [4.69, 9.17) is 4.74 Å². The van der Waals surface area contributed by atoms with Crippen LogP contribution >= 0.6 is 0 Å². The molecule has 4 rings (SSSR count). The van der Waals surface area contributed by atoms with Crippen molar-refractivity contribution in [2.75, 3.05) is 26.5 Å². The first-order valence-electron chi connectivity index (χ1n) is 10.1. The molecule has 0 N–H and O–H groups in total. The van der Waals surface area contributed by atoms with Gasteiger partial charge in [-0.05, 0) is 43.3 Å². The first kappa shape index (κ1) is 22.2. The second-order valence-corrected chi connectivity index (χ2v) is 10.3. The zero-order valence-corrected chi connectivity index (χ0v) is 18.6. The molecule has 168 valence electrons. The molecular formula is C23H23FN2O5S. The van der Waals surface area contributed by atoms with Crippen LogP contribution in [-0.2, 0) is 21.1 Å². The van der Waals surface area contributed by atoms with Crippen LogP contribution in [0.4, 0.5) is 4.39 Å². The number of nitrogens with zero attached hydrogens (tertiary/aromatic N) is 2. The number of likely N-dealkylation sites (tertiary alicyclic amines) is 1. The monoisotopic (exact) mass is 458 g/mol. The van der Waals surface area contributed by atoms with E-state index in [0.29, 0.717) is 18.7 Å². The van der Waals surface area contributed by atoms with Crippen molar-refractivity contribution in [2.45, 2.75) is 18.2 Å². The van der Waals surface area contributed by atoms with Gasteiger partial charge in [0, 0.05) is 36.0 Å². The highest BCUT2D eigenvalue weighted by Gasteiger charge is 2.32. The molecule has 0 radical (unpaired) electrons. The van der Waals surface area contributed by atoms with Crippen LogP contribution in [0.1, 0.15) is 22.5 Å². The SMILES string of the molecule is COC(=O)c1c(CN2CC[C@@H](S(C)(=O)=O)C2)c(=O)c2ccc(F)cc2n1-c1ccccc1. The zero-order valence-electron chi connectivity index (χ0n) is 17.7. The molecule has 1 aliphatic heterocycles. The quantitative estimate of drug-likeness (QED) is 0.547. The number of benzene rings is 2. The molecule has 32 heavy (non-hydrogen) atoms. The van der Waals surface area contributed by atoms with Gasteiger partial charge in [0.1, 0.15) is 11.5 Å². The summed E-state index contributed by atoms with van der Waals surface area (Å²) in [4.78, 5) is 28.2. The van der Waals surface area contributed by atoms with E-state index >= 15 is 0 Å². The number of carbonyl (C=O) groups excluding carboxylic acids is 1. The van der Waals surface area contributed by atoms with Gasteiger partial charge in [-0.25, -0.2) is 17.6 Å². The van der Waals surface area contributed by atoms with Gasteiger partial charge >= 0.3 is 5.97 Å². The number of esters is 1. The van der Waals surface area contributed by atoms with Gasteiger partial charge in [-0.1, -0.05) is 18.2 Å². The van der Waals surface area contributed by atoms with E-state index in [-0.39, 0.29) is 35.2 Å². The van der Waals surface area contributed by atoms with Gasteiger partial charge in [-0.3, -0.25) is 9.69 Å². The van der Waals surface area contributed by atoms with Crippen molar-refractivity contribution < 1.29 is 22.3 Å². The highest BCUT2D eigenvalue weighted by molar-refractivity contribution is 7.91. The molecule has 7 nitrogen and oxygen atoms in total. The Labute approximate surface area is 185 Å². The van der Waals surface area contributed by atoms with Crippen LogP contribution in [0.25, 0.3) is 16.6 Å². The molecule has 0 saturated carbocycles. The Kier molecular flexibility index (Phi) is 5.87. The lowest BCUT2D eigenvalue weighted by Gasteiger charge is -2.22. The molecule has 1 aliphatic rings. The second-order valence-electron chi connectivity index (χ2n) is 7.96. The summed E-state index contributed by atoms with van der Waals surface area (Å²) in [6, 6.07) is 12.7. The largest absolute Gasteiger partial charge is 0.464 e. The normalized spacial score (nSPS) is 17.0. The lowest BCUT2D eigenvalue weighted by molar-refractivity contribution is 0.0588. The van der Waals surface area contributed by atoms with E-state index in [2.05, 4.69) is 0 Å². The van der Waals surface area contributed by atoms with E-state index in [0.717, 1.165) is 0 Å². The summed E-state index contributed by atoms with van der Waals surface area (Å²) in [6.07, 6.45) is 1.66. The number of hydrogen-bond donors (Lipinski definition) is 0. The van der Waals surface area contributed by atoms with Crippen molar-refractivity contribution >= 4 is 26.7 Å². The number of rotatable bonds is 5. The molecule has 1 aromatic heterocycles. The molecular weight excluding hydrogens is 435 g/mol. The molecule has 0 aliphatic carbocycles. The summed E-state index contributed by atoms with van der Waals surface area (Å²) < 4.78 is 44.6. The Balaban J connectivity index is 1.97. The van der Waals surface area contributed by atoms with Gasteiger partial charge in [0.2, 0.25) is 0 Å². The predicted molar refractivity (Wildman–Crippen MR) is 119 cm³/mol. The van der Waals surface area contributed by atoms with E-state index in [1.54, 1.807) is 24.3 Å². The van der Waals surface area contributed by atoms with Crippen molar-refractivity contribution in [1.29, 1.82) is 0 Å². The Bertz CT molecular complexity index is 1350. The average molecular weight is 459 g/mol. The van der Waals surface area contributed by atoms with Crippen molar-refractivity contribution in [3.8, 4) is 5.69 Å². The van der Waals surface area contributed by atoms with Crippen LogP contribution in [0, 0.1) is 5.82 Å². The first-order valence-corrected chi connectivity index (χ1v) is 12.1. The van der Waals surface area contributed by atoms with Crippen LogP contribution in [0.3, 0.4) is 0 Å². The van der Waals surface area contributed by atoms with Gasteiger partial charge < -0.3 is 9.30 Å². The fourth-order valence-electron chi connectivity index (χ4n) is 4.22. The maximum Gasteiger partial charge on any atom is 0.355 e. The third-order valence-corrected chi connectivity index (χ3v) is 7.43. The van der Waals surface area contributed by atoms with Crippen molar-refractivity contribution in [3.05, 3.63) is 75.8 Å². The number of carbonyl (C=O) groups is 1. The summed E-state index contributed by atoms with van der Waals surface area (Å²) in [5, 5.41) is -0.258. The summed E-state index contributed by atoms with van der Waals surface area (Å²) in [5.41, 5.74) is 0.606. The van der Waals surface area contributed by atoms with Crippen LogP contribution in [-0.4, -0.2) is 55.6 Å². The van der Waals surface area contributed by atoms with Gasteiger partial charge in [-0.15, -0.1) is 0 Å². The lowest BCUT2D eigenvalue weighted by Crippen LogP contribution is -2.31. The van der Waals surface area contributed by atoms with Crippen molar-refractivity contribution in [3.63, 3.8) is 0 Å². The fourth-order valence-corrected chi connectivity index (χ4v) is 5.24. The van der Waals surface area contributed by atoms with Gasteiger partial charge in [0.05, 0.1) is 17.9 Å². The third kappa shape index (κ3) is 4.05. The predicted octanol–water partition coefficient (Wildman–Crippen LogP) is 2.54. The molecule has 2 heterocycles. The minimum Gasteiger partial charge on any atom is -0.464 e. The summed E-state index contributed by atoms with van der Waals surface area (Å²) in [5.74, 6) is -1.27. The van der Waals surface area contributed by atoms with Gasteiger partial charge in [0.25, 0.3) is 0 Å². The number of methoxy groups -OCH3 is 1. The minimum absolute atomic E-state index is 0.00426. The maximum absolute atomic E-state index is 14.2. The van der Waals surface area contributed by atoms with Crippen LogP contribution in [0.2, 0.25) is 0 Å². The van der Waals surface area contributed by atoms with Crippen LogP contribution < -0.4 is 5.43 Å². The van der Waals surface area contributed by atoms with E-state index in [1.807, 2.05) is 11.0 Å². The molecule has 0 spiro atoms. The number of aromatic nitrogens is 1. The number of hydrogen-bond acceptors (Lipinski definition) is 6. The van der Waals surface area contributed by atoms with E-state index in [9.17, 15) is 22.4 Å². The first-order chi connectivity index (χ1) is 15.2. The number of ether oxygens (including phenoxy) is 1. The summed E-state index contributed by atoms with van der Waals surface area (Å²) >= 11 is 0. The number of pyridine rings is 1. The molecule has 1 atom stereocenters. The molecule has 0 amide bonds. The van der Waals surface area contributed by atoms with Crippen LogP contribution in [0.15, 0.2) is 53.3 Å². The zero-order chi connectivity index (χ0) is 23.0.